The normalized spacial score (nSPS) is 10.6. The third kappa shape index (κ3) is 6.90. The van der Waals surface area contributed by atoms with E-state index in [0.717, 1.165) is 5.56 Å². The predicted molar refractivity (Wildman–Crippen MR) is 143 cm³/mol. The molecule has 0 aliphatic carbocycles. The maximum absolute atomic E-state index is 12.6. The topological polar surface area (TPSA) is 96.9 Å². The number of nitrogens with one attached hydrogen (secondary N) is 2. The molecule has 0 saturated carbocycles. The lowest BCUT2D eigenvalue weighted by atomic mass is 10.1. The van der Waals surface area contributed by atoms with Gasteiger partial charge in [-0.25, -0.2) is 10.2 Å². The second-order valence-electron chi connectivity index (χ2n) is 8.04. The average Bonchev–Trinajstić information content (AvgIpc) is 2.90. The van der Waals surface area contributed by atoms with Crippen LogP contribution in [0.4, 0.5) is 5.69 Å². The molecule has 0 unspecified atom stereocenters. The zero-order valence-corrected chi connectivity index (χ0v) is 20.5. The van der Waals surface area contributed by atoms with E-state index in [0.29, 0.717) is 33.0 Å². The van der Waals surface area contributed by atoms with Gasteiger partial charge in [0.1, 0.15) is 5.75 Å². The van der Waals surface area contributed by atoms with Crippen molar-refractivity contribution in [2.45, 2.75) is 6.92 Å². The molecule has 0 bridgehead atoms. The maximum Gasteiger partial charge on any atom is 0.343 e. The summed E-state index contributed by atoms with van der Waals surface area (Å²) >= 11 is 5.87. The highest BCUT2D eigenvalue weighted by atomic mass is 35.5. The summed E-state index contributed by atoms with van der Waals surface area (Å²) in [7, 11) is 0. The zero-order valence-electron chi connectivity index (χ0n) is 19.8. The molecule has 0 atom stereocenters. The first-order valence-corrected chi connectivity index (χ1v) is 11.6. The molecule has 0 fully saturated rings. The van der Waals surface area contributed by atoms with Gasteiger partial charge in [-0.1, -0.05) is 47.5 Å². The van der Waals surface area contributed by atoms with Crippen molar-refractivity contribution in [2.75, 3.05) is 5.32 Å². The molecule has 0 saturated heterocycles. The third-order valence-corrected chi connectivity index (χ3v) is 5.49. The van der Waals surface area contributed by atoms with Crippen molar-refractivity contribution in [1.82, 2.24) is 5.43 Å². The smallest absolute Gasteiger partial charge is 0.343 e. The lowest BCUT2D eigenvalue weighted by Crippen LogP contribution is -2.18. The van der Waals surface area contributed by atoms with Gasteiger partial charge in [0.05, 0.1) is 11.8 Å². The SMILES string of the molecule is Cc1cccc(C(=O)Nc2cccc(C(=O)NN=Cc3ccccc3OC(=O)c3ccc(Cl)cc3)c2)c1. The number of carbonyl (C=O) groups excluding carboxylic acids is 3. The number of amides is 2. The fourth-order valence-electron chi connectivity index (χ4n) is 3.38. The molecule has 7 nitrogen and oxygen atoms in total. The van der Waals surface area contributed by atoms with Crippen molar-refractivity contribution in [3.63, 3.8) is 0 Å². The summed E-state index contributed by atoms with van der Waals surface area (Å²) in [5.41, 5.74) is 5.56. The second-order valence-corrected chi connectivity index (χ2v) is 8.47. The Labute approximate surface area is 218 Å². The van der Waals surface area contributed by atoms with Gasteiger partial charge in [-0.3, -0.25) is 9.59 Å². The number of hydrazone groups is 1. The molecule has 0 aliphatic heterocycles. The Morgan fingerprint density at radius 2 is 1.49 bits per heavy atom. The first kappa shape index (κ1) is 25.3. The highest BCUT2D eigenvalue weighted by Gasteiger charge is 2.12. The Hall–Kier alpha value is -4.75. The standard InChI is InChI=1S/C29H22ClN3O4/c1-19-6-4-8-21(16-19)27(34)32-25-10-5-9-22(17-25)28(35)33-31-18-23-7-2-3-11-26(23)37-29(36)20-12-14-24(30)15-13-20/h2-18H,1H3,(H,32,34)(H,33,35). The minimum Gasteiger partial charge on any atom is -0.422 e. The van der Waals surface area contributed by atoms with E-state index >= 15 is 0 Å². The Morgan fingerprint density at radius 1 is 0.784 bits per heavy atom. The molecule has 37 heavy (non-hydrogen) atoms. The summed E-state index contributed by atoms with van der Waals surface area (Å²) in [6, 6.07) is 26.9. The van der Waals surface area contributed by atoms with Crippen molar-refractivity contribution in [1.29, 1.82) is 0 Å². The first-order chi connectivity index (χ1) is 17.9. The Balaban J connectivity index is 1.40. The van der Waals surface area contributed by atoms with Crippen LogP contribution in [0.2, 0.25) is 5.02 Å². The van der Waals surface area contributed by atoms with Crippen LogP contribution in [0.15, 0.2) is 102 Å². The lowest BCUT2D eigenvalue weighted by molar-refractivity contribution is 0.0734. The van der Waals surface area contributed by atoms with Crippen molar-refractivity contribution in [3.8, 4) is 5.75 Å². The van der Waals surface area contributed by atoms with Crippen LogP contribution < -0.4 is 15.5 Å². The Kier molecular flexibility index (Phi) is 8.08. The number of hydrogen-bond acceptors (Lipinski definition) is 5. The van der Waals surface area contributed by atoms with Crippen LogP contribution in [0.1, 0.15) is 42.2 Å². The monoisotopic (exact) mass is 511 g/mol. The van der Waals surface area contributed by atoms with Crippen LogP contribution in [0.25, 0.3) is 0 Å². The van der Waals surface area contributed by atoms with E-state index in [4.69, 9.17) is 16.3 Å². The number of rotatable bonds is 7. The molecular formula is C29H22ClN3O4. The molecule has 4 aromatic rings. The van der Waals surface area contributed by atoms with Crippen molar-refractivity contribution >= 4 is 41.3 Å². The molecule has 184 valence electrons. The molecule has 0 aliphatic rings. The highest BCUT2D eigenvalue weighted by molar-refractivity contribution is 6.30. The van der Waals surface area contributed by atoms with E-state index < -0.39 is 11.9 Å². The van der Waals surface area contributed by atoms with Crippen LogP contribution in [-0.4, -0.2) is 24.0 Å². The summed E-state index contributed by atoms with van der Waals surface area (Å²) in [6.07, 6.45) is 1.38. The number of anilines is 1. The van der Waals surface area contributed by atoms with Crippen molar-refractivity contribution < 1.29 is 19.1 Å². The van der Waals surface area contributed by atoms with Crippen LogP contribution in [-0.2, 0) is 0 Å². The van der Waals surface area contributed by atoms with Gasteiger partial charge in [0.15, 0.2) is 0 Å². The van der Waals surface area contributed by atoms with Crippen LogP contribution in [0.3, 0.4) is 0 Å². The zero-order chi connectivity index (χ0) is 26.2. The maximum atomic E-state index is 12.6. The second kappa shape index (κ2) is 11.8. The van der Waals surface area contributed by atoms with Gasteiger partial charge < -0.3 is 10.1 Å². The molecule has 4 rings (SSSR count). The highest BCUT2D eigenvalue weighted by Crippen LogP contribution is 2.19. The summed E-state index contributed by atoms with van der Waals surface area (Å²) < 4.78 is 5.48. The third-order valence-electron chi connectivity index (χ3n) is 5.23. The molecule has 0 heterocycles. The average molecular weight is 512 g/mol. The fourth-order valence-corrected chi connectivity index (χ4v) is 3.50. The molecule has 8 heteroatoms. The number of ether oxygens (including phenoxy) is 1. The molecule has 4 aromatic carbocycles. The number of halogens is 1. The minimum absolute atomic E-state index is 0.274. The predicted octanol–water partition coefficient (Wildman–Crippen LogP) is 5.88. The molecule has 0 spiro atoms. The van der Waals surface area contributed by atoms with E-state index in [9.17, 15) is 14.4 Å². The van der Waals surface area contributed by atoms with Crippen LogP contribution >= 0.6 is 11.6 Å². The van der Waals surface area contributed by atoms with Gasteiger partial charge in [0, 0.05) is 27.4 Å². The molecule has 2 N–H and O–H groups in total. The number of para-hydroxylation sites is 1. The number of hydrogen-bond donors (Lipinski definition) is 2. The Morgan fingerprint density at radius 3 is 2.24 bits per heavy atom. The molecule has 0 radical (unpaired) electrons. The summed E-state index contributed by atoms with van der Waals surface area (Å²) in [6.45, 7) is 1.91. The van der Waals surface area contributed by atoms with Gasteiger partial charge in [0.25, 0.3) is 11.8 Å². The molecule has 0 aromatic heterocycles. The van der Waals surface area contributed by atoms with Gasteiger partial charge in [-0.2, -0.15) is 5.10 Å². The molecular weight excluding hydrogens is 490 g/mol. The van der Waals surface area contributed by atoms with Crippen molar-refractivity contribution in [3.05, 3.63) is 130 Å². The summed E-state index contributed by atoms with van der Waals surface area (Å²) in [5, 5.41) is 7.30. The molecule has 2 amide bonds. The van der Waals surface area contributed by atoms with Crippen LogP contribution in [0.5, 0.6) is 5.75 Å². The van der Waals surface area contributed by atoms with E-state index in [1.54, 1.807) is 84.9 Å². The lowest BCUT2D eigenvalue weighted by Gasteiger charge is -2.08. The van der Waals surface area contributed by atoms with Gasteiger partial charge in [-0.05, 0) is 73.7 Å². The van der Waals surface area contributed by atoms with E-state index in [1.807, 2.05) is 19.1 Å². The number of nitrogens with zero attached hydrogens (tertiary/aromatic N) is 1. The Bertz CT molecular complexity index is 1480. The van der Waals surface area contributed by atoms with Crippen molar-refractivity contribution in [2.24, 2.45) is 5.10 Å². The number of carbonyl (C=O) groups is 3. The quantitative estimate of drug-likeness (QED) is 0.140. The summed E-state index contributed by atoms with van der Waals surface area (Å²) in [4.78, 5) is 37.6. The number of benzene rings is 4. The number of aryl methyl sites for hydroxylation is 1. The van der Waals surface area contributed by atoms with Gasteiger partial charge in [0.2, 0.25) is 0 Å². The largest absolute Gasteiger partial charge is 0.422 e. The fraction of sp³-hybridized carbons (Fsp3) is 0.0345. The first-order valence-electron chi connectivity index (χ1n) is 11.3. The minimum atomic E-state index is -0.550. The van der Waals surface area contributed by atoms with E-state index in [1.165, 1.54) is 6.21 Å². The number of esters is 1. The van der Waals surface area contributed by atoms with E-state index in [2.05, 4.69) is 15.8 Å². The summed E-state index contributed by atoms with van der Waals surface area (Å²) in [5.74, 6) is -1.02. The van der Waals surface area contributed by atoms with Crippen LogP contribution in [0, 0.1) is 6.92 Å². The van der Waals surface area contributed by atoms with Gasteiger partial charge >= 0.3 is 5.97 Å². The van der Waals surface area contributed by atoms with Gasteiger partial charge in [-0.15, -0.1) is 0 Å². The van der Waals surface area contributed by atoms with E-state index in [-0.39, 0.29) is 11.7 Å².